The summed E-state index contributed by atoms with van der Waals surface area (Å²) in [5, 5.41) is 19.3. The van der Waals surface area contributed by atoms with Gasteiger partial charge in [0.15, 0.2) is 11.5 Å². The Morgan fingerprint density at radius 1 is 1.07 bits per heavy atom. The van der Waals surface area contributed by atoms with E-state index in [2.05, 4.69) is 0 Å². The molecule has 0 spiro atoms. The van der Waals surface area contributed by atoms with Crippen LogP contribution in [0, 0.1) is 11.8 Å². The molecule has 0 bridgehead atoms. The first kappa shape index (κ1) is 22.0. The third kappa shape index (κ3) is 5.66. The average Bonchev–Trinajstić information content (AvgIpc) is 2.69. The second-order valence-corrected chi connectivity index (χ2v) is 8.15. The molecule has 2 N–H and O–H groups in total. The molecule has 162 valence electrons. The molecule has 0 unspecified atom stereocenters. The number of aliphatic hydroxyl groups is 1. The molecule has 0 radical (unpaired) electrons. The van der Waals surface area contributed by atoms with Crippen molar-refractivity contribution >= 4 is 5.97 Å². The summed E-state index contributed by atoms with van der Waals surface area (Å²) < 4.78 is 17.8. The normalized spacial score (nSPS) is 20.2. The number of hydrogen-bond donors (Lipinski definition) is 2. The number of carboxylic acids is 1. The number of para-hydroxylation sites is 2. The Kier molecular flexibility index (Phi) is 7.21. The van der Waals surface area contributed by atoms with Crippen molar-refractivity contribution in [3.63, 3.8) is 0 Å². The van der Waals surface area contributed by atoms with E-state index in [0.717, 1.165) is 24.3 Å². The van der Waals surface area contributed by atoms with Crippen LogP contribution in [0.4, 0.5) is 0 Å². The lowest BCUT2D eigenvalue weighted by atomic mass is 9.83. The van der Waals surface area contributed by atoms with E-state index in [9.17, 15) is 9.90 Å². The second kappa shape index (κ2) is 9.85. The first-order chi connectivity index (χ1) is 14.3. The van der Waals surface area contributed by atoms with E-state index in [1.807, 2.05) is 44.2 Å². The molecule has 2 aromatic rings. The van der Waals surface area contributed by atoms with Crippen molar-refractivity contribution in [2.75, 3.05) is 6.61 Å². The summed E-state index contributed by atoms with van der Waals surface area (Å²) in [6.07, 6.45) is 0.953. The molecule has 0 aliphatic heterocycles. The van der Waals surface area contributed by atoms with Gasteiger partial charge in [-0.15, -0.1) is 0 Å². The van der Waals surface area contributed by atoms with Crippen molar-refractivity contribution in [3.8, 4) is 17.2 Å². The van der Waals surface area contributed by atoms with Gasteiger partial charge >= 0.3 is 5.97 Å². The van der Waals surface area contributed by atoms with Gasteiger partial charge in [0, 0.05) is 0 Å². The number of carbonyl (C=O) groups is 1. The largest absolute Gasteiger partial charge is 0.493 e. The van der Waals surface area contributed by atoms with Gasteiger partial charge in [0.1, 0.15) is 5.75 Å². The van der Waals surface area contributed by atoms with E-state index in [0.29, 0.717) is 23.8 Å². The maximum Gasteiger partial charge on any atom is 0.309 e. The van der Waals surface area contributed by atoms with Crippen LogP contribution >= 0.6 is 0 Å². The maximum absolute atomic E-state index is 11.1. The van der Waals surface area contributed by atoms with Crippen LogP contribution < -0.4 is 14.2 Å². The van der Waals surface area contributed by atoms with Crippen LogP contribution in [0.15, 0.2) is 48.5 Å². The van der Waals surface area contributed by atoms with Gasteiger partial charge in [-0.05, 0) is 69.4 Å². The summed E-state index contributed by atoms with van der Waals surface area (Å²) in [6, 6.07) is 14.7. The fourth-order valence-corrected chi connectivity index (χ4v) is 3.41. The van der Waals surface area contributed by atoms with Gasteiger partial charge in [0.2, 0.25) is 0 Å². The smallest absolute Gasteiger partial charge is 0.309 e. The number of benzene rings is 2. The fraction of sp³-hybridized carbons (Fsp3) is 0.458. The quantitative estimate of drug-likeness (QED) is 0.597. The molecule has 2 aromatic carbocycles. The summed E-state index contributed by atoms with van der Waals surface area (Å²) >= 11 is 0. The van der Waals surface area contributed by atoms with Crippen LogP contribution in [-0.2, 0) is 4.79 Å². The van der Waals surface area contributed by atoms with Gasteiger partial charge in [-0.1, -0.05) is 24.3 Å². The van der Waals surface area contributed by atoms with Crippen LogP contribution in [-0.4, -0.2) is 35.0 Å². The molecule has 2 atom stereocenters. The van der Waals surface area contributed by atoms with E-state index in [-0.39, 0.29) is 12.2 Å². The first-order valence-corrected chi connectivity index (χ1v) is 10.4. The van der Waals surface area contributed by atoms with Crippen molar-refractivity contribution in [1.82, 2.24) is 0 Å². The Balaban J connectivity index is 1.48. The summed E-state index contributed by atoms with van der Waals surface area (Å²) in [5.74, 6) is 0.633. The van der Waals surface area contributed by atoms with E-state index < -0.39 is 18.0 Å². The molecule has 6 heteroatoms. The summed E-state index contributed by atoms with van der Waals surface area (Å²) in [5.41, 5.74) is 0.541. The third-order valence-corrected chi connectivity index (χ3v) is 5.25. The number of rotatable bonds is 10. The van der Waals surface area contributed by atoms with Crippen LogP contribution in [0.2, 0.25) is 0 Å². The Labute approximate surface area is 177 Å². The lowest BCUT2D eigenvalue weighted by Crippen LogP contribution is -2.37. The van der Waals surface area contributed by atoms with E-state index in [1.165, 1.54) is 6.92 Å². The minimum Gasteiger partial charge on any atom is -0.493 e. The van der Waals surface area contributed by atoms with Gasteiger partial charge in [-0.3, -0.25) is 4.79 Å². The minimum absolute atomic E-state index is 0.0880. The van der Waals surface area contributed by atoms with Gasteiger partial charge in [-0.2, -0.15) is 0 Å². The molecule has 0 heterocycles. The molecule has 1 aliphatic rings. The van der Waals surface area contributed by atoms with Crippen LogP contribution in [0.25, 0.3) is 0 Å². The monoisotopic (exact) mass is 414 g/mol. The molecular weight excluding hydrogens is 384 g/mol. The van der Waals surface area contributed by atoms with Crippen LogP contribution in [0.1, 0.15) is 45.3 Å². The maximum atomic E-state index is 11.1. The molecule has 0 aromatic heterocycles. The predicted octanol–water partition coefficient (Wildman–Crippen LogP) is 4.46. The standard InChI is InChI=1S/C24H30O6/c1-15(2)29-21-9-4-5-10-22(21)30-20-11-17(12-20)14-28-19-8-6-7-18(13-19)23(25)16(3)24(26)27/h4-10,13,15-17,20,23,25H,11-12,14H2,1-3H3,(H,26,27)/t16-,17?,20?,23+/m0/s1. The lowest BCUT2D eigenvalue weighted by molar-refractivity contribution is -0.145. The highest BCUT2D eigenvalue weighted by Crippen LogP contribution is 2.36. The number of carboxylic acid groups (broad SMARTS) is 1. The predicted molar refractivity (Wildman–Crippen MR) is 113 cm³/mol. The number of aliphatic hydroxyl groups excluding tert-OH is 1. The Hall–Kier alpha value is -2.73. The van der Waals surface area contributed by atoms with Gasteiger partial charge in [0.25, 0.3) is 0 Å². The summed E-state index contributed by atoms with van der Waals surface area (Å²) in [4.78, 5) is 11.1. The van der Waals surface area contributed by atoms with E-state index >= 15 is 0 Å². The Bertz CT molecular complexity index is 843. The van der Waals surface area contributed by atoms with Gasteiger partial charge in [0.05, 0.1) is 30.8 Å². The van der Waals surface area contributed by atoms with Crippen molar-refractivity contribution in [2.45, 2.75) is 51.9 Å². The highest BCUT2D eigenvalue weighted by Gasteiger charge is 2.32. The zero-order chi connectivity index (χ0) is 21.7. The first-order valence-electron chi connectivity index (χ1n) is 10.4. The van der Waals surface area contributed by atoms with Crippen LogP contribution in [0.5, 0.6) is 17.2 Å². The van der Waals surface area contributed by atoms with Crippen molar-refractivity contribution in [1.29, 1.82) is 0 Å². The molecule has 1 saturated carbocycles. The van der Waals surface area contributed by atoms with E-state index in [4.69, 9.17) is 19.3 Å². The van der Waals surface area contributed by atoms with E-state index in [1.54, 1.807) is 18.2 Å². The number of aliphatic carboxylic acids is 1. The molecule has 3 rings (SSSR count). The highest BCUT2D eigenvalue weighted by molar-refractivity contribution is 5.70. The average molecular weight is 414 g/mol. The second-order valence-electron chi connectivity index (χ2n) is 8.15. The fourth-order valence-electron chi connectivity index (χ4n) is 3.41. The molecule has 1 aliphatic carbocycles. The number of ether oxygens (including phenoxy) is 3. The van der Waals surface area contributed by atoms with Crippen molar-refractivity contribution in [3.05, 3.63) is 54.1 Å². The third-order valence-electron chi connectivity index (χ3n) is 5.25. The molecule has 0 saturated heterocycles. The topological polar surface area (TPSA) is 85.2 Å². The molecule has 1 fully saturated rings. The molecule has 6 nitrogen and oxygen atoms in total. The number of hydrogen-bond acceptors (Lipinski definition) is 5. The Morgan fingerprint density at radius 2 is 1.77 bits per heavy atom. The van der Waals surface area contributed by atoms with Crippen molar-refractivity contribution < 1.29 is 29.2 Å². The Morgan fingerprint density at radius 3 is 2.43 bits per heavy atom. The molecule has 30 heavy (non-hydrogen) atoms. The van der Waals surface area contributed by atoms with Crippen LogP contribution in [0.3, 0.4) is 0 Å². The molecule has 0 amide bonds. The van der Waals surface area contributed by atoms with Gasteiger partial charge in [-0.25, -0.2) is 0 Å². The zero-order valence-corrected chi connectivity index (χ0v) is 17.7. The molecular formula is C24H30O6. The highest BCUT2D eigenvalue weighted by atomic mass is 16.5. The lowest BCUT2D eigenvalue weighted by Gasteiger charge is -2.35. The van der Waals surface area contributed by atoms with Crippen molar-refractivity contribution in [2.24, 2.45) is 11.8 Å². The van der Waals surface area contributed by atoms with Gasteiger partial charge < -0.3 is 24.4 Å². The minimum atomic E-state index is -1.07. The summed E-state index contributed by atoms with van der Waals surface area (Å²) in [7, 11) is 0. The zero-order valence-electron chi connectivity index (χ0n) is 17.7. The SMILES string of the molecule is CC(C)Oc1ccccc1OC1CC(COc2cccc([C@H](O)[C@H](C)C(=O)O)c2)C1. The summed E-state index contributed by atoms with van der Waals surface area (Å²) in [6.45, 7) is 6.02.